The molecule has 1 saturated carbocycles. The molecule has 3 aromatic carbocycles. The molecular weight excluding hydrogens is 776 g/mol. The van der Waals surface area contributed by atoms with Crippen LogP contribution in [-0.4, -0.2) is 76.8 Å². The summed E-state index contributed by atoms with van der Waals surface area (Å²) < 4.78 is 21.5. The second-order valence-corrected chi connectivity index (χ2v) is 13.8. The van der Waals surface area contributed by atoms with Crippen molar-refractivity contribution in [1.29, 1.82) is 0 Å². The first-order chi connectivity index (χ1) is 27.9. The van der Waals surface area contributed by atoms with Gasteiger partial charge in [0.05, 0.1) is 19.3 Å². The Balaban J connectivity index is 1.12. The largest absolute Gasteiger partial charge is 0.493 e. The van der Waals surface area contributed by atoms with E-state index in [2.05, 4.69) is 10.2 Å². The summed E-state index contributed by atoms with van der Waals surface area (Å²) in [4.78, 5) is 51.7. The molecule has 0 heterocycles. The minimum absolute atomic E-state index is 0.00275. The average Bonchev–Trinajstić information content (AvgIpc) is 3.48. The lowest BCUT2D eigenvalue weighted by atomic mass is 9.89. The zero-order chi connectivity index (χ0) is 41.9. The standard InChI is InChI=1S/C42H47ClN2O13/c1-54-39-21-28(16-20-41(50)56-25-29-11-13-30(14-12-29)26-57-45(52)53)15-19-38(39)58-42(51)24-44-40(49)10-5-3-2-4-9-34-35(37(48)23-36(34)47)18-17-32(46)27-55-33-8-6-7-31(43)22-33/h2,4,6-8,11-22,32,34-37,46-48H,3,5,9-10,23-27H2,1H3,(H,44,49)/t32-,34-,35-,36+,37-/m1/s1. The Kier molecular flexibility index (Phi) is 18.2. The van der Waals surface area contributed by atoms with E-state index in [0.29, 0.717) is 46.7 Å². The molecule has 0 aromatic heterocycles. The van der Waals surface area contributed by atoms with Gasteiger partial charge in [-0.3, -0.25) is 4.79 Å². The first-order valence-electron chi connectivity index (χ1n) is 18.5. The summed E-state index contributed by atoms with van der Waals surface area (Å²) in [5, 5.41) is 43.9. The van der Waals surface area contributed by atoms with Crippen molar-refractivity contribution in [2.75, 3.05) is 20.3 Å². The minimum Gasteiger partial charge on any atom is -0.493 e. The van der Waals surface area contributed by atoms with Gasteiger partial charge in [-0.1, -0.05) is 72.3 Å². The highest BCUT2D eigenvalue weighted by Crippen LogP contribution is 2.36. The number of rotatable bonds is 22. The van der Waals surface area contributed by atoms with Gasteiger partial charge in [0.2, 0.25) is 5.91 Å². The second kappa shape index (κ2) is 23.5. The summed E-state index contributed by atoms with van der Waals surface area (Å²) in [6.45, 7) is -0.554. The molecule has 1 amide bonds. The van der Waals surface area contributed by atoms with Crippen molar-refractivity contribution in [3.63, 3.8) is 0 Å². The lowest BCUT2D eigenvalue weighted by Gasteiger charge is -2.19. The van der Waals surface area contributed by atoms with E-state index in [1.807, 2.05) is 12.2 Å². The van der Waals surface area contributed by atoms with Gasteiger partial charge < -0.3 is 44.4 Å². The van der Waals surface area contributed by atoms with E-state index < -0.39 is 35.3 Å². The van der Waals surface area contributed by atoms with Crippen LogP contribution in [0.1, 0.15) is 48.8 Å². The van der Waals surface area contributed by atoms with Crippen molar-refractivity contribution in [3.05, 3.63) is 129 Å². The van der Waals surface area contributed by atoms with E-state index in [1.54, 1.807) is 72.8 Å². The number of methoxy groups -OCH3 is 1. The van der Waals surface area contributed by atoms with Crippen molar-refractivity contribution in [1.82, 2.24) is 5.32 Å². The topological polar surface area (TPSA) is 213 Å². The van der Waals surface area contributed by atoms with Gasteiger partial charge in [-0.05, 0) is 78.3 Å². The van der Waals surface area contributed by atoms with E-state index >= 15 is 0 Å². The molecule has 0 aliphatic heterocycles. The highest BCUT2D eigenvalue weighted by molar-refractivity contribution is 6.30. The van der Waals surface area contributed by atoms with Crippen molar-refractivity contribution < 1.29 is 58.6 Å². The zero-order valence-corrected chi connectivity index (χ0v) is 32.6. The van der Waals surface area contributed by atoms with Crippen molar-refractivity contribution in [2.24, 2.45) is 11.8 Å². The number of hydrogen-bond acceptors (Lipinski definition) is 13. The maximum Gasteiger partial charge on any atom is 0.331 e. The third kappa shape index (κ3) is 15.7. The number of nitrogens with one attached hydrogen (secondary N) is 1. The molecule has 58 heavy (non-hydrogen) atoms. The normalized spacial score (nSPS) is 18.3. The number of carbonyl (C=O) groups is 3. The fraction of sp³-hybridized carbons (Fsp3) is 0.357. The van der Waals surface area contributed by atoms with Gasteiger partial charge >= 0.3 is 11.9 Å². The van der Waals surface area contributed by atoms with Crippen LogP contribution < -0.4 is 19.5 Å². The van der Waals surface area contributed by atoms with Gasteiger partial charge in [-0.15, -0.1) is 10.1 Å². The maximum atomic E-state index is 12.5. The van der Waals surface area contributed by atoms with Crippen LogP contribution in [0.25, 0.3) is 6.08 Å². The molecule has 4 N–H and O–H groups in total. The quantitative estimate of drug-likeness (QED) is 0.0193. The van der Waals surface area contributed by atoms with Gasteiger partial charge in [0, 0.05) is 29.9 Å². The van der Waals surface area contributed by atoms with Crippen LogP contribution >= 0.6 is 11.6 Å². The van der Waals surface area contributed by atoms with Crippen LogP contribution in [0.15, 0.2) is 97.1 Å². The first kappa shape index (κ1) is 45.0. The molecule has 3 aromatic rings. The second-order valence-electron chi connectivity index (χ2n) is 13.3. The van der Waals surface area contributed by atoms with Crippen LogP contribution in [0.3, 0.4) is 0 Å². The fourth-order valence-corrected chi connectivity index (χ4v) is 6.20. The smallest absolute Gasteiger partial charge is 0.331 e. The number of unbranched alkanes of at least 4 members (excludes halogenated alkanes) is 1. The van der Waals surface area contributed by atoms with Gasteiger partial charge in [0.15, 0.2) is 11.5 Å². The predicted octanol–water partition coefficient (Wildman–Crippen LogP) is 5.31. The van der Waals surface area contributed by atoms with Crippen molar-refractivity contribution in [3.8, 4) is 17.2 Å². The number of benzene rings is 3. The number of allylic oxidation sites excluding steroid dienone is 2. The number of aliphatic hydroxyl groups excluding tert-OH is 3. The van der Waals surface area contributed by atoms with E-state index in [0.717, 1.165) is 0 Å². The fourth-order valence-electron chi connectivity index (χ4n) is 6.02. The molecule has 16 heteroatoms. The molecule has 0 bridgehead atoms. The third-order valence-electron chi connectivity index (χ3n) is 9.03. The molecule has 1 aliphatic carbocycles. The molecule has 15 nitrogen and oxygen atoms in total. The molecule has 0 radical (unpaired) electrons. The highest BCUT2D eigenvalue weighted by atomic mass is 35.5. The van der Waals surface area contributed by atoms with Gasteiger partial charge in [0.1, 0.15) is 38.2 Å². The van der Waals surface area contributed by atoms with Gasteiger partial charge in [-0.25, -0.2) is 9.59 Å². The van der Waals surface area contributed by atoms with E-state index in [1.165, 1.54) is 25.3 Å². The van der Waals surface area contributed by atoms with Crippen LogP contribution in [0.2, 0.25) is 5.02 Å². The lowest BCUT2D eigenvalue weighted by Crippen LogP contribution is -2.31. The number of hydrogen-bond donors (Lipinski definition) is 4. The summed E-state index contributed by atoms with van der Waals surface area (Å²) >= 11 is 5.96. The van der Waals surface area contributed by atoms with E-state index in [-0.39, 0.29) is 68.4 Å². The van der Waals surface area contributed by atoms with Crippen LogP contribution in [0.4, 0.5) is 0 Å². The van der Waals surface area contributed by atoms with Crippen LogP contribution in [0, 0.1) is 22.0 Å². The monoisotopic (exact) mass is 822 g/mol. The third-order valence-corrected chi connectivity index (χ3v) is 9.27. The number of nitrogens with zero attached hydrogens (tertiary/aromatic N) is 1. The summed E-state index contributed by atoms with van der Waals surface area (Å²) in [6, 6.07) is 18.1. The maximum absolute atomic E-state index is 12.5. The number of amides is 1. The molecule has 1 aliphatic rings. The zero-order valence-electron chi connectivity index (χ0n) is 31.8. The van der Waals surface area contributed by atoms with Crippen molar-refractivity contribution in [2.45, 2.75) is 63.6 Å². The van der Waals surface area contributed by atoms with Crippen molar-refractivity contribution >= 4 is 35.5 Å². The lowest BCUT2D eigenvalue weighted by molar-refractivity contribution is -0.763. The number of esters is 2. The summed E-state index contributed by atoms with van der Waals surface area (Å²) in [6.07, 6.45) is 9.44. The molecule has 1 fully saturated rings. The Morgan fingerprint density at radius 3 is 2.48 bits per heavy atom. The Morgan fingerprint density at radius 1 is 1.00 bits per heavy atom. The molecule has 0 saturated heterocycles. The van der Waals surface area contributed by atoms with Crippen LogP contribution in [-0.2, 0) is 37.2 Å². The molecule has 0 spiro atoms. The van der Waals surface area contributed by atoms with E-state index in [4.69, 9.17) is 30.5 Å². The Bertz CT molecular complexity index is 1920. The van der Waals surface area contributed by atoms with E-state index in [9.17, 15) is 39.8 Å². The first-order valence-corrected chi connectivity index (χ1v) is 18.9. The van der Waals surface area contributed by atoms with Crippen LogP contribution in [0.5, 0.6) is 17.2 Å². The Labute approximate surface area is 340 Å². The van der Waals surface area contributed by atoms with Gasteiger partial charge in [-0.2, -0.15) is 0 Å². The number of ether oxygens (including phenoxy) is 4. The minimum atomic E-state index is -0.919. The van der Waals surface area contributed by atoms with Gasteiger partial charge in [0.25, 0.3) is 5.09 Å². The number of carbonyl (C=O) groups excluding carboxylic acids is 3. The summed E-state index contributed by atoms with van der Waals surface area (Å²) in [5.74, 6) is -1.38. The Hall–Kier alpha value is -5.74. The SMILES string of the molecule is COc1cc(C=CC(=O)OCc2ccc(CO[N+](=O)[O-])cc2)ccc1OC(=O)CNC(=O)CCCC=CC[C@@H]1[C@@H](C=C[C@@H](O)COc2cccc(Cl)c2)[C@H](O)C[C@@H]1O. The number of aliphatic hydroxyl groups is 3. The molecular formula is C42H47ClN2O13. The summed E-state index contributed by atoms with van der Waals surface area (Å²) in [5.41, 5.74) is 1.83. The summed E-state index contributed by atoms with van der Waals surface area (Å²) in [7, 11) is 1.39. The highest BCUT2D eigenvalue weighted by Gasteiger charge is 2.39. The number of halogens is 1. The molecule has 310 valence electrons. The average molecular weight is 823 g/mol. The molecule has 4 rings (SSSR count). The molecule has 5 atom stereocenters. The molecule has 0 unspecified atom stereocenters. The Morgan fingerprint density at radius 2 is 1.76 bits per heavy atom. The predicted molar refractivity (Wildman–Crippen MR) is 212 cm³/mol.